The Labute approximate surface area is 276 Å². The molecule has 1 aliphatic rings. The van der Waals surface area contributed by atoms with E-state index >= 15 is 0 Å². The highest BCUT2D eigenvalue weighted by molar-refractivity contribution is 6.12. The summed E-state index contributed by atoms with van der Waals surface area (Å²) in [6, 6.07) is 53.9. The predicted molar refractivity (Wildman–Crippen MR) is 200 cm³/mol. The van der Waals surface area contributed by atoms with Crippen molar-refractivity contribution in [2.75, 3.05) is 4.90 Å². The van der Waals surface area contributed by atoms with Gasteiger partial charge in [-0.1, -0.05) is 116 Å². The number of nitrogens with zero attached hydrogens (tertiary/aromatic N) is 2. The van der Waals surface area contributed by atoms with Gasteiger partial charge in [0.2, 0.25) is 0 Å². The maximum Gasteiger partial charge on any atom is 0.0543 e. The summed E-state index contributed by atoms with van der Waals surface area (Å²) in [6.07, 6.45) is 0. The van der Waals surface area contributed by atoms with Crippen molar-refractivity contribution in [3.63, 3.8) is 0 Å². The van der Waals surface area contributed by atoms with E-state index in [2.05, 4.69) is 183 Å². The van der Waals surface area contributed by atoms with E-state index in [1.807, 2.05) is 0 Å². The normalized spacial score (nSPS) is 13.3. The van der Waals surface area contributed by atoms with Crippen LogP contribution in [0.15, 0.2) is 146 Å². The first-order valence-electron chi connectivity index (χ1n) is 16.5. The van der Waals surface area contributed by atoms with Gasteiger partial charge in [0.1, 0.15) is 0 Å². The zero-order valence-electron chi connectivity index (χ0n) is 27.3. The number of fused-ring (bicyclic) bond motifs is 8. The van der Waals surface area contributed by atoms with Gasteiger partial charge in [0.15, 0.2) is 0 Å². The molecule has 7 aromatic carbocycles. The van der Waals surface area contributed by atoms with Crippen LogP contribution in [0.4, 0.5) is 17.1 Å². The van der Waals surface area contributed by atoms with Gasteiger partial charge in [0, 0.05) is 51.0 Å². The Kier molecular flexibility index (Phi) is 6.01. The second-order valence-electron chi connectivity index (χ2n) is 13.6. The van der Waals surface area contributed by atoms with Gasteiger partial charge in [-0.15, -0.1) is 0 Å². The highest BCUT2D eigenvalue weighted by atomic mass is 15.1. The third-order valence-electron chi connectivity index (χ3n) is 10.5. The molecule has 1 aromatic heterocycles. The number of aryl methyl sites for hydroxylation is 2. The number of hydrogen-bond acceptors (Lipinski definition) is 1. The van der Waals surface area contributed by atoms with E-state index in [1.165, 1.54) is 77.2 Å². The maximum atomic E-state index is 2.48. The highest BCUT2D eigenvalue weighted by Gasteiger charge is 2.38. The molecule has 0 atom stereocenters. The fraction of sp³-hybridized carbons (Fsp3) is 0.111. The molecule has 8 aromatic rings. The van der Waals surface area contributed by atoms with Gasteiger partial charge < -0.3 is 9.47 Å². The highest BCUT2D eigenvalue weighted by Crippen LogP contribution is 2.55. The topological polar surface area (TPSA) is 8.17 Å². The first-order chi connectivity index (χ1) is 22.9. The Hall–Kier alpha value is -5.60. The lowest BCUT2D eigenvalue weighted by atomic mass is 9.81. The van der Waals surface area contributed by atoms with Crippen molar-refractivity contribution >= 4 is 49.6 Å². The molecule has 0 amide bonds. The molecule has 2 heteroatoms. The molecule has 0 saturated carbocycles. The van der Waals surface area contributed by atoms with Gasteiger partial charge in [0.05, 0.1) is 5.69 Å². The molecule has 0 saturated heterocycles. The van der Waals surface area contributed by atoms with E-state index in [0.717, 1.165) is 11.4 Å². The number of anilines is 3. The fourth-order valence-corrected chi connectivity index (χ4v) is 7.97. The summed E-state index contributed by atoms with van der Waals surface area (Å²) in [5.41, 5.74) is 15.1. The lowest BCUT2D eigenvalue weighted by Crippen LogP contribution is -2.17. The monoisotopic (exact) mass is 604 g/mol. The minimum Gasteiger partial charge on any atom is -0.344 e. The molecule has 9 rings (SSSR count). The van der Waals surface area contributed by atoms with Crippen LogP contribution >= 0.6 is 0 Å². The molecule has 0 radical (unpaired) electrons. The van der Waals surface area contributed by atoms with Crippen LogP contribution in [0.2, 0.25) is 0 Å². The molecule has 47 heavy (non-hydrogen) atoms. The summed E-state index contributed by atoms with van der Waals surface area (Å²) in [5.74, 6) is 0. The summed E-state index contributed by atoms with van der Waals surface area (Å²) in [5, 5.41) is 5.09. The van der Waals surface area contributed by atoms with Gasteiger partial charge >= 0.3 is 0 Å². The number of rotatable bonds is 4. The van der Waals surface area contributed by atoms with Crippen molar-refractivity contribution in [2.45, 2.75) is 26.2 Å². The van der Waals surface area contributed by atoms with Crippen molar-refractivity contribution in [2.24, 2.45) is 7.05 Å². The summed E-state index contributed by atoms with van der Waals surface area (Å²) >= 11 is 0. The van der Waals surface area contributed by atoms with Crippen LogP contribution in [0.1, 0.15) is 30.5 Å². The number of benzene rings is 7. The van der Waals surface area contributed by atoms with Gasteiger partial charge in [0.25, 0.3) is 0 Å². The Morgan fingerprint density at radius 3 is 1.96 bits per heavy atom. The van der Waals surface area contributed by atoms with Crippen LogP contribution in [-0.4, -0.2) is 4.57 Å². The quantitative estimate of drug-likeness (QED) is 0.194. The van der Waals surface area contributed by atoms with E-state index in [0.29, 0.717) is 0 Å². The molecule has 226 valence electrons. The van der Waals surface area contributed by atoms with Crippen LogP contribution in [0, 0.1) is 6.92 Å². The lowest BCUT2D eigenvalue weighted by Gasteiger charge is -2.30. The first kappa shape index (κ1) is 27.7. The third kappa shape index (κ3) is 4.11. The van der Waals surface area contributed by atoms with Crippen LogP contribution < -0.4 is 4.90 Å². The number of hydrogen-bond donors (Lipinski definition) is 0. The molecule has 0 unspecified atom stereocenters. The van der Waals surface area contributed by atoms with Crippen molar-refractivity contribution in [3.8, 4) is 22.3 Å². The molecular weight excluding hydrogens is 569 g/mol. The van der Waals surface area contributed by atoms with Gasteiger partial charge in [-0.05, 0) is 94.2 Å². The molecule has 0 bridgehead atoms. The lowest BCUT2D eigenvalue weighted by molar-refractivity contribution is 0.661. The molecule has 1 heterocycles. The fourth-order valence-electron chi connectivity index (χ4n) is 7.97. The average molecular weight is 605 g/mol. The van der Waals surface area contributed by atoms with Gasteiger partial charge in [-0.2, -0.15) is 0 Å². The molecule has 0 N–H and O–H groups in total. The summed E-state index contributed by atoms with van der Waals surface area (Å²) in [7, 11) is 2.16. The average Bonchev–Trinajstić information content (AvgIpc) is 3.52. The van der Waals surface area contributed by atoms with Crippen molar-refractivity contribution < 1.29 is 0 Å². The second kappa shape index (κ2) is 10.2. The molecule has 0 fully saturated rings. The van der Waals surface area contributed by atoms with Crippen LogP contribution in [0.25, 0.3) is 54.8 Å². The number of aromatic nitrogens is 1. The van der Waals surface area contributed by atoms with Crippen molar-refractivity contribution in [3.05, 3.63) is 162 Å². The number of para-hydroxylation sites is 2. The summed E-state index contributed by atoms with van der Waals surface area (Å²) in [4.78, 5) is 2.46. The first-order valence-corrected chi connectivity index (χ1v) is 16.5. The minimum atomic E-state index is -0.175. The SMILES string of the molecule is Cc1ccc(-c2ccc3c(c2)C(C)(C)c2cc(N(c4ccccc4)c4ccc5c(c4)c4ccccc4n5C)c4ccccc4c2-3)cc1. The van der Waals surface area contributed by atoms with Gasteiger partial charge in [-0.25, -0.2) is 0 Å². The van der Waals surface area contributed by atoms with E-state index in [-0.39, 0.29) is 5.41 Å². The zero-order chi connectivity index (χ0) is 31.9. The molecule has 0 spiro atoms. The van der Waals surface area contributed by atoms with E-state index in [9.17, 15) is 0 Å². The zero-order valence-corrected chi connectivity index (χ0v) is 27.3. The summed E-state index contributed by atoms with van der Waals surface area (Å²) < 4.78 is 2.30. The molecule has 2 nitrogen and oxygen atoms in total. The van der Waals surface area contributed by atoms with Crippen LogP contribution in [0.3, 0.4) is 0 Å². The smallest absolute Gasteiger partial charge is 0.0543 e. The van der Waals surface area contributed by atoms with Gasteiger partial charge in [-0.3, -0.25) is 0 Å². The molecular formula is C45H36N2. The Morgan fingerprint density at radius 2 is 1.17 bits per heavy atom. The van der Waals surface area contributed by atoms with Crippen LogP contribution in [0.5, 0.6) is 0 Å². The van der Waals surface area contributed by atoms with Crippen LogP contribution in [-0.2, 0) is 12.5 Å². The van der Waals surface area contributed by atoms with E-state index < -0.39 is 0 Å². The van der Waals surface area contributed by atoms with E-state index in [1.54, 1.807) is 0 Å². The van der Waals surface area contributed by atoms with Crippen molar-refractivity contribution in [1.29, 1.82) is 0 Å². The molecule has 1 aliphatic carbocycles. The minimum absolute atomic E-state index is 0.175. The largest absolute Gasteiger partial charge is 0.344 e. The molecule has 0 aliphatic heterocycles. The summed E-state index contributed by atoms with van der Waals surface area (Å²) in [6.45, 7) is 6.93. The van der Waals surface area contributed by atoms with Crippen molar-refractivity contribution in [1.82, 2.24) is 4.57 Å². The predicted octanol–water partition coefficient (Wildman–Crippen LogP) is 12.2. The standard InChI is InChI=1S/C45H36N2/c1-29-18-20-30(21-19-29)31-22-24-37-39(26-31)45(2,3)40-28-43(34-14-8-9-16-36(34)44(37)40)47(32-12-6-5-7-13-32)33-23-25-42-38(27-33)35-15-10-11-17-41(35)46(42)4/h5-28H,1-4H3. The Morgan fingerprint density at radius 1 is 0.511 bits per heavy atom. The Bertz CT molecular complexity index is 2500. The maximum absolute atomic E-state index is 2.48. The van der Waals surface area contributed by atoms with E-state index in [4.69, 9.17) is 0 Å². The Balaban J connectivity index is 1.29. The third-order valence-corrected chi connectivity index (χ3v) is 10.5. The second-order valence-corrected chi connectivity index (χ2v) is 13.6.